The summed E-state index contributed by atoms with van der Waals surface area (Å²) in [5.41, 5.74) is 3.20. The molecule has 0 unspecified atom stereocenters. The van der Waals surface area contributed by atoms with Crippen molar-refractivity contribution in [2.45, 2.75) is 19.9 Å². The zero-order valence-electron chi connectivity index (χ0n) is 10.9. The van der Waals surface area contributed by atoms with Gasteiger partial charge in [-0.3, -0.25) is 0 Å². The standard InChI is InChI=1S/C17H16FN/c1-2-13-7-8-17-14(11-13)9-10-19(17)12-15-5-3-4-6-16(15)18/h3-11H,2,12H2,1H3. The average Bonchev–Trinajstić information content (AvgIpc) is 2.83. The average molecular weight is 253 g/mol. The Hall–Kier alpha value is -2.09. The Labute approximate surface area is 112 Å². The van der Waals surface area contributed by atoms with E-state index in [1.165, 1.54) is 17.0 Å². The van der Waals surface area contributed by atoms with E-state index in [1.54, 1.807) is 6.07 Å². The fourth-order valence-electron chi connectivity index (χ4n) is 2.42. The summed E-state index contributed by atoms with van der Waals surface area (Å²) >= 11 is 0. The SMILES string of the molecule is CCc1ccc2c(ccn2Cc2ccccc2F)c1. The van der Waals surface area contributed by atoms with Crippen LogP contribution in [0, 0.1) is 5.82 Å². The number of halogens is 1. The van der Waals surface area contributed by atoms with E-state index < -0.39 is 0 Å². The number of nitrogens with zero attached hydrogens (tertiary/aromatic N) is 1. The van der Waals surface area contributed by atoms with Gasteiger partial charge in [-0.2, -0.15) is 0 Å². The van der Waals surface area contributed by atoms with Crippen LogP contribution in [0.5, 0.6) is 0 Å². The number of hydrogen-bond acceptors (Lipinski definition) is 0. The smallest absolute Gasteiger partial charge is 0.128 e. The first-order chi connectivity index (χ1) is 9.28. The normalized spacial score (nSPS) is 11.1. The third-order valence-electron chi connectivity index (χ3n) is 3.54. The third kappa shape index (κ3) is 2.26. The van der Waals surface area contributed by atoms with Crippen LogP contribution in [0.4, 0.5) is 4.39 Å². The molecule has 0 N–H and O–H groups in total. The van der Waals surface area contributed by atoms with Gasteiger partial charge in [-0.05, 0) is 41.6 Å². The Morgan fingerprint density at radius 1 is 1.05 bits per heavy atom. The Morgan fingerprint density at radius 2 is 1.89 bits per heavy atom. The molecule has 0 spiro atoms. The van der Waals surface area contributed by atoms with Crippen molar-refractivity contribution in [3.8, 4) is 0 Å². The van der Waals surface area contributed by atoms with E-state index in [9.17, 15) is 4.39 Å². The number of benzene rings is 2. The fraction of sp³-hybridized carbons (Fsp3) is 0.176. The minimum Gasteiger partial charge on any atom is -0.343 e. The monoisotopic (exact) mass is 253 g/mol. The van der Waals surface area contributed by atoms with Crippen molar-refractivity contribution in [1.82, 2.24) is 4.57 Å². The summed E-state index contributed by atoms with van der Waals surface area (Å²) in [5, 5.41) is 1.22. The molecule has 0 amide bonds. The minimum absolute atomic E-state index is 0.144. The molecule has 0 saturated heterocycles. The van der Waals surface area contributed by atoms with E-state index in [1.807, 2.05) is 18.3 Å². The van der Waals surface area contributed by atoms with Crippen LogP contribution in [0.15, 0.2) is 54.7 Å². The van der Waals surface area contributed by atoms with E-state index in [-0.39, 0.29) is 5.82 Å². The lowest BCUT2D eigenvalue weighted by molar-refractivity contribution is 0.602. The summed E-state index contributed by atoms with van der Waals surface area (Å²) in [6.07, 6.45) is 3.06. The number of aryl methyl sites for hydroxylation is 1. The number of fused-ring (bicyclic) bond motifs is 1. The van der Waals surface area contributed by atoms with Crippen LogP contribution in [0.25, 0.3) is 10.9 Å². The molecule has 0 aliphatic heterocycles. The number of rotatable bonds is 3. The Balaban J connectivity index is 2.00. The van der Waals surface area contributed by atoms with Gasteiger partial charge < -0.3 is 4.57 Å². The predicted octanol–water partition coefficient (Wildman–Crippen LogP) is 4.39. The van der Waals surface area contributed by atoms with Gasteiger partial charge in [-0.25, -0.2) is 4.39 Å². The van der Waals surface area contributed by atoms with Gasteiger partial charge in [0.1, 0.15) is 5.82 Å². The highest BCUT2D eigenvalue weighted by Crippen LogP contribution is 2.20. The molecule has 19 heavy (non-hydrogen) atoms. The van der Waals surface area contributed by atoms with Gasteiger partial charge in [0, 0.05) is 17.3 Å². The topological polar surface area (TPSA) is 4.93 Å². The number of aromatic nitrogens is 1. The van der Waals surface area contributed by atoms with Crippen molar-refractivity contribution in [3.05, 3.63) is 71.7 Å². The summed E-state index contributed by atoms with van der Waals surface area (Å²) in [5.74, 6) is -0.144. The zero-order valence-corrected chi connectivity index (χ0v) is 10.9. The first kappa shape index (κ1) is 12.0. The zero-order chi connectivity index (χ0) is 13.2. The molecule has 0 bridgehead atoms. The molecule has 0 aliphatic rings. The molecule has 0 atom stereocenters. The summed E-state index contributed by atoms with van der Waals surface area (Å²) in [6.45, 7) is 2.72. The van der Waals surface area contributed by atoms with E-state index in [0.29, 0.717) is 6.54 Å². The van der Waals surface area contributed by atoms with Crippen LogP contribution in [0.1, 0.15) is 18.1 Å². The molecule has 2 aromatic carbocycles. The molecule has 3 rings (SSSR count). The lowest BCUT2D eigenvalue weighted by atomic mass is 10.1. The van der Waals surface area contributed by atoms with Gasteiger partial charge in [-0.15, -0.1) is 0 Å². The molecule has 0 saturated carbocycles. The molecule has 3 aromatic rings. The van der Waals surface area contributed by atoms with Crippen molar-refractivity contribution < 1.29 is 4.39 Å². The Kier molecular flexibility index (Phi) is 3.08. The molecule has 2 heteroatoms. The molecule has 1 heterocycles. The van der Waals surface area contributed by atoms with Crippen LogP contribution < -0.4 is 0 Å². The van der Waals surface area contributed by atoms with Crippen LogP contribution in [-0.2, 0) is 13.0 Å². The van der Waals surface area contributed by atoms with Crippen molar-refractivity contribution in [2.75, 3.05) is 0 Å². The van der Waals surface area contributed by atoms with E-state index >= 15 is 0 Å². The third-order valence-corrected chi connectivity index (χ3v) is 3.54. The largest absolute Gasteiger partial charge is 0.343 e. The number of hydrogen-bond donors (Lipinski definition) is 0. The molecule has 0 fully saturated rings. The Bertz CT molecular complexity index is 712. The van der Waals surface area contributed by atoms with Gasteiger partial charge in [-0.1, -0.05) is 31.2 Å². The van der Waals surface area contributed by atoms with Crippen molar-refractivity contribution >= 4 is 10.9 Å². The van der Waals surface area contributed by atoms with Crippen LogP contribution in [0.3, 0.4) is 0 Å². The van der Waals surface area contributed by atoms with Crippen LogP contribution in [0.2, 0.25) is 0 Å². The van der Waals surface area contributed by atoms with Crippen molar-refractivity contribution in [1.29, 1.82) is 0 Å². The summed E-state index contributed by atoms with van der Waals surface area (Å²) in [4.78, 5) is 0. The molecule has 1 aromatic heterocycles. The van der Waals surface area contributed by atoms with Crippen molar-refractivity contribution in [3.63, 3.8) is 0 Å². The van der Waals surface area contributed by atoms with Crippen LogP contribution >= 0.6 is 0 Å². The van der Waals surface area contributed by atoms with Gasteiger partial charge >= 0.3 is 0 Å². The summed E-state index contributed by atoms with van der Waals surface area (Å²) in [7, 11) is 0. The summed E-state index contributed by atoms with van der Waals surface area (Å²) < 4.78 is 15.8. The van der Waals surface area contributed by atoms with Gasteiger partial charge in [0.25, 0.3) is 0 Å². The van der Waals surface area contributed by atoms with E-state index in [2.05, 4.69) is 35.8 Å². The molecule has 0 radical (unpaired) electrons. The van der Waals surface area contributed by atoms with E-state index in [0.717, 1.165) is 17.5 Å². The maximum atomic E-state index is 13.7. The van der Waals surface area contributed by atoms with E-state index in [4.69, 9.17) is 0 Å². The highest BCUT2D eigenvalue weighted by Gasteiger charge is 2.05. The second kappa shape index (κ2) is 4.88. The maximum Gasteiger partial charge on any atom is 0.128 e. The molecule has 0 aliphatic carbocycles. The minimum atomic E-state index is -0.144. The van der Waals surface area contributed by atoms with Crippen molar-refractivity contribution in [2.24, 2.45) is 0 Å². The van der Waals surface area contributed by atoms with Gasteiger partial charge in [0.05, 0.1) is 6.54 Å². The first-order valence-corrected chi connectivity index (χ1v) is 6.59. The highest BCUT2D eigenvalue weighted by molar-refractivity contribution is 5.81. The molecule has 1 nitrogen and oxygen atoms in total. The molecular weight excluding hydrogens is 237 g/mol. The van der Waals surface area contributed by atoms with Gasteiger partial charge in [0.15, 0.2) is 0 Å². The second-order valence-corrected chi connectivity index (χ2v) is 4.78. The first-order valence-electron chi connectivity index (χ1n) is 6.59. The quantitative estimate of drug-likeness (QED) is 0.652. The van der Waals surface area contributed by atoms with Gasteiger partial charge in [0.2, 0.25) is 0 Å². The predicted molar refractivity (Wildman–Crippen MR) is 76.8 cm³/mol. The van der Waals surface area contributed by atoms with Crippen LogP contribution in [-0.4, -0.2) is 4.57 Å². The maximum absolute atomic E-state index is 13.7. The fourth-order valence-corrected chi connectivity index (χ4v) is 2.42. The highest BCUT2D eigenvalue weighted by atomic mass is 19.1. The second-order valence-electron chi connectivity index (χ2n) is 4.78. The Morgan fingerprint density at radius 3 is 2.68 bits per heavy atom. The lowest BCUT2D eigenvalue weighted by Gasteiger charge is -2.07. The molecular formula is C17H16FN. The molecule has 96 valence electrons. The summed E-state index contributed by atoms with van der Waals surface area (Å²) in [6, 6.07) is 15.5. The lowest BCUT2D eigenvalue weighted by Crippen LogP contribution is -2.00.